The van der Waals surface area contributed by atoms with E-state index in [4.69, 9.17) is 4.74 Å². The molecular formula is C32H35N3O3S3. The molecular weight excluding hydrogens is 571 g/mol. The Kier molecular flexibility index (Phi) is 8.32. The highest BCUT2D eigenvalue weighted by Crippen LogP contribution is 2.44. The summed E-state index contributed by atoms with van der Waals surface area (Å²) in [5.74, 6) is -0.0377. The molecule has 0 bridgehead atoms. The van der Waals surface area contributed by atoms with Gasteiger partial charge >= 0.3 is 5.97 Å². The van der Waals surface area contributed by atoms with Crippen LogP contribution >= 0.6 is 34.4 Å². The summed E-state index contributed by atoms with van der Waals surface area (Å²) < 4.78 is 8.39. The van der Waals surface area contributed by atoms with E-state index in [1.165, 1.54) is 0 Å². The van der Waals surface area contributed by atoms with Gasteiger partial charge in [0.15, 0.2) is 0 Å². The highest BCUT2D eigenvalue weighted by molar-refractivity contribution is 8.00. The molecule has 214 valence electrons. The van der Waals surface area contributed by atoms with Gasteiger partial charge in [-0.25, -0.2) is 9.97 Å². The number of fused-ring (bicyclic) bond motifs is 1. The zero-order chi connectivity index (χ0) is 29.4. The van der Waals surface area contributed by atoms with Crippen LogP contribution < -0.4 is 4.74 Å². The maximum atomic E-state index is 12.3. The van der Waals surface area contributed by atoms with Crippen molar-refractivity contribution in [3.05, 3.63) is 81.4 Å². The van der Waals surface area contributed by atoms with Crippen LogP contribution in [-0.4, -0.2) is 30.4 Å². The number of thiazole rings is 2. The average molecular weight is 606 g/mol. The molecule has 0 saturated heterocycles. The van der Waals surface area contributed by atoms with Crippen LogP contribution in [0.5, 0.6) is 5.75 Å². The number of carbonyl (C=O) groups is 1. The maximum Gasteiger partial charge on any atom is 0.309 e. The number of aromatic nitrogens is 3. The summed E-state index contributed by atoms with van der Waals surface area (Å²) in [4.78, 5) is 22.4. The van der Waals surface area contributed by atoms with Crippen molar-refractivity contribution in [2.75, 3.05) is 0 Å². The molecule has 9 heteroatoms. The number of benzene rings is 2. The summed E-state index contributed by atoms with van der Waals surface area (Å²) in [7, 11) is 0. The van der Waals surface area contributed by atoms with Gasteiger partial charge in [0.05, 0.1) is 16.1 Å². The van der Waals surface area contributed by atoms with Crippen LogP contribution in [-0.2, 0) is 24.4 Å². The molecule has 0 fully saturated rings. The van der Waals surface area contributed by atoms with Gasteiger partial charge in [-0.15, -0.1) is 34.4 Å². The third-order valence-corrected chi connectivity index (χ3v) is 9.63. The molecule has 0 aliphatic heterocycles. The Morgan fingerprint density at radius 1 is 1.07 bits per heavy atom. The first-order valence-electron chi connectivity index (χ1n) is 13.5. The van der Waals surface area contributed by atoms with Gasteiger partial charge in [-0.3, -0.25) is 4.79 Å². The fourth-order valence-corrected chi connectivity index (χ4v) is 7.08. The summed E-state index contributed by atoms with van der Waals surface area (Å²) in [5, 5.41) is 17.2. The summed E-state index contributed by atoms with van der Waals surface area (Å²) in [6.45, 7) is 13.2. The van der Waals surface area contributed by atoms with Gasteiger partial charge in [0.25, 0.3) is 0 Å². The number of hydrogen-bond acceptors (Lipinski definition) is 7. The number of carboxylic acids is 1. The molecule has 0 radical (unpaired) electrons. The second-order valence-corrected chi connectivity index (χ2v) is 15.6. The number of hydrogen-bond donors (Lipinski definition) is 1. The number of rotatable bonds is 10. The number of aryl methyl sites for hydroxylation is 1. The van der Waals surface area contributed by atoms with Crippen molar-refractivity contribution in [2.45, 2.75) is 70.8 Å². The van der Waals surface area contributed by atoms with Crippen LogP contribution in [0, 0.1) is 12.3 Å². The molecule has 0 saturated carbocycles. The Balaban J connectivity index is 1.59. The van der Waals surface area contributed by atoms with Crippen molar-refractivity contribution in [1.82, 2.24) is 14.5 Å². The van der Waals surface area contributed by atoms with Crippen molar-refractivity contribution < 1.29 is 14.6 Å². The summed E-state index contributed by atoms with van der Waals surface area (Å²) in [5.41, 5.74) is 4.31. The minimum absolute atomic E-state index is 0.0778. The predicted octanol–water partition coefficient (Wildman–Crippen LogP) is 8.70. The molecule has 1 N–H and O–H groups in total. The molecule has 2 aromatic carbocycles. The Hall–Kier alpha value is -3.14. The highest BCUT2D eigenvalue weighted by atomic mass is 32.2. The molecule has 5 rings (SSSR count). The summed E-state index contributed by atoms with van der Waals surface area (Å²) in [6.07, 6.45) is 2.22. The van der Waals surface area contributed by atoms with Gasteiger partial charge in [0.1, 0.15) is 17.4 Å². The van der Waals surface area contributed by atoms with Crippen molar-refractivity contribution in [3.63, 3.8) is 0 Å². The summed E-state index contributed by atoms with van der Waals surface area (Å²) in [6, 6.07) is 14.7. The molecule has 3 aromatic heterocycles. The largest absolute Gasteiger partial charge is 0.487 e. The van der Waals surface area contributed by atoms with Crippen molar-refractivity contribution in [3.8, 4) is 16.3 Å². The Labute approximate surface area is 253 Å². The van der Waals surface area contributed by atoms with E-state index in [0.29, 0.717) is 19.6 Å². The zero-order valence-corrected chi connectivity index (χ0v) is 26.7. The molecule has 0 spiro atoms. The van der Waals surface area contributed by atoms with Crippen LogP contribution in [0.25, 0.3) is 21.5 Å². The van der Waals surface area contributed by atoms with E-state index >= 15 is 0 Å². The Morgan fingerprint density at radius 2 is 1.83 bits per heavy atom. The number of thioether (sulfide) groups is 1. The molecule has 3 heterocycles. The monoisotopic (exact) mass is 605 g/mol. The van der Waals surface area contributed by atoms with Crippen molar-refractivity contribution in [2.24, 2.45) is 5.41 Å². The molecule has 41 heavy (non-hydrogen) atoms. The topological polar surface area (TPSA) is 77.2 Å². The van der Waals surface area contributed by atoms with Crippen LogP contribution in [0.15, 0.2) is 64.3 Å². The lowest BCUT2D eigenvalue weighted by Crippen LogP contribution is -2.28. The molecule has 6 nitrogen and oxygen atoms in total. The van der Waals surface area contributed by atoms with Crippen molar-refractivity contribution in [1.29, 1.82) is 0 Å². The molecule has 0 atom stereocenters. The fraction of sp³-hybridized carbons (Fsp3) is 0.344. The van der Waals surface area contributed by atoms with Crippen LogP contribution in [0.2, 0.25) is 0 Å². The van der Waals surface area contributed by atoms with E-state index < -0.39 is 11.4 Å². The van der Waals surface area contributed by atoms with E-state index in [1.807, 2.05) is 29.9 Å². The fourth-order valence-electron chi connectivity index (χ4n) is 4.65. The molecule has 5 aromatic rings. The minimum atomic E-state index is -0.935. The average Bonchev–Trinajstić information content (AvgIpc) is 3.65. The lowest BCUT2D eigenvalue weighted by Gasteiger charge is -2.24. The normalized spacial score (nSPS) is 12.2. The zero-order valence-electron chi connectivity index (χ0n) is 24.2. The lowest BCUT2D eigenvalue weighted by atomic mass is 9.88. The van der Waals surface area contributed by atoms with Gasteiger partial charge in [0, 0.05) is 61.7 Å². The molecule has 0 aliphatic rings. The summed E-state index contributed by atoms with van der Waals surface area (Å²) >= 11 is 5.02. The molecule has 0 aliphatic carbocycles. The standard InChI is InChI=1S/C32H35N3O3S3/c1-20-34-23(19-40-20)18-38-24-11-12-26-25(15-24)28(41-31(2,3)4)27(16-32(5,6)30(36)37)35(26)17-21-7-9-22(10-8-21)29-33-13-14-39-29/h7-15,19H,16-18H2,1-6H3,(H,36,37). The van der Waals surface area contributed by atoms with Crippen LogP contribution in [0.3, 0.4) is 0 Å². The third-order valence-electron chi connectivity index (χ3n) is 6.72. The number of ether oxygens (including phenoxy) is 1. The van der Waals surface area contributed by atoms with Crippen molar-refractivity contribution >= 4 is 51.3 Å². The van der Waals surface area contributed by atoms with Gasteiger partial charge < -0.3 is 14.4 Å². The van der Waals surface area contributed by atoms with Crippen LogP contribution in [0.1, 0.15) is 56.6 Å². The number of aliphatic carboxylic acids is 1. The smallest absolute Gasteiger partial charge is 0.309 e. The Bertz CT molecular complexity index is 1660. The highest BCUT2D eigenvalue weighted by Gasteiger charge is 2.33. The number of nitrogens with zero attached hydrogens (tertiary/aromatic N) is 3. The first kappa shape index (κ1) is 29.4. The van der Waals surface area contributed by atoms with Gasteiger partial charge in [-0.05, 0) is 44.5 Å². The lowest BCUT2D eigenvalue weighted by molar-refractivity contribution is -0.146. The SMILES string of the molecule is Cc1nc(COc2ccc3c(c2)c(SC(C)(C)C)c(CC(C)(C)C(=O)O)n3Cc2ccc(-c3nccs3)cc2)cs1. The maximum absolute atomic E-state index is 12.3. The van der Waals surface area contributed by atoms with Gasteiger partial charge in [-0.2, -0.15) is 0 Å². The van der Waals surface area contributed by atoms with Gasteiger partial charge in [0.2, 0.25) is 0 Å². The van der Waals surface area contributed by atoms with E-state index in [2.05, 4.69) is 71.7 Å². The third kappa shape index (κ3) is 6.85. The van der Waals surface area contributed by atoms with E-state index in [0.717, 1.165) is 54.1 Å². The molecule has 0 unspecified atom stereocenters. The first-order chi connectivity index (χ1) is 19.4. The van der Waals surface area contributed by atoms with Crippen LogP contribution in [0.4, 0.5) is 0 Å². The quantitative estimate of drug-likeness (QED) is 0.161. The van der Waals surface area contributed by atoms with E-state index in [-0.39, 0.29) is 4.75 Å². The second-order valence-electron chi connectivity index (χ2n) is 11.8. The first-order valence-corrected chi connectivity index (χ1v) is 16.1. The second kappa shape index (κ2) is 11.6. The van der Waals surface area contributed by atoms with E-state index in [1.54, 1.807) is 48.3 Å². The minimum Gasteiger partial charge on any atom is -0.487 e. The predicted molar refractivity (Wildman–Crippen MR) is 171 cm³/mol. The van der Waals surface area contributed by atoms with E-state index in [9.17, 15) is 9.90 Å². The van der Waals surface area contributed by atoms with Gasteiger partial charge in [-0.1, -0.05) is 45.0 Å². The number of carboxylic acid groups (broad SMARTS) is 1. The Morgan fingerprint density at radius 3 is 2.44 bits per heavy atom. The molecule has 0 amide bonds.